The number of hydrogen-bond acceptors (Lipinski definition) is 7. The van der Waals surface area contributed by atoms with E-state index in [-0.39, 0.29) is 5.91 Å². The molecule has 0 radical (unpaired) electrons. The van der Waals surface area contributed by atoms with Crippen LogP contribution in [0.2, 0.25) is 5.02 Å². The SMILES string of the molecule is COc1ccc2ncc(Cl)c([C@H](O)CCC3(C(=O)NO)CCN(CCCc4ccsc4)CC3)c2c1. The van der Waals surface area contributed by atoms with E-state index in [1.54, 1.807) is 24.6 Å². The molecule has 1 amide bonds. The van der Waals surface area contributed by atoms with E-state index in [9.17, 15) is 15.1 Å². The summed E-state index contributed by atoms with van der Waals surface area (Å²) in [6.45, 7) is 2.54. The predicted molar refractivity (Wildman–Crippen MR) is 138 cm³/mol. The van der Waals surface area contributed by atoms with Crippen molar-refractivity contribution in [2.24, 2.45) is 5.41 Å². The van der Waals surface area contributed by atoms with Crippen LogP contribution in [0.25, 0.3) is 10.9 Å². The van der Waals surface area contributed by atoms with Crippen molar-refractivity contribution in [3.05, 3.63) is 57.4 Å². The molecule has 0 bridgehead atoms. The molecule has 4 rings (SSSR count). The summed E-state index contributed by atoms with van der Waals surface area (Å²) in [4.78, 5) is 19.5. The first-order valence-electron chi connectivity index (χ1n) is 11.9. The van der Waals surface area contributed by atoms with Crippen LogP contribution >= 0.6 is 22.9 Å². The number of nitrogens with zero attached hydrogens (tertiary/aromatic N) is 2. The lowest BCUT2D eigenvalue weighted by Crippen LogP contribution is -2.48. The lowest BCUT2D eigenvalue weighted by molar-refractivity contribution is -0.143. The molecule has 0 saturated carbocycles. The number of carbonyl (C=O) groups is 1. The van der Waals surface area contributed by atoms with Gasteiger partial charge >= 0.3 is 0 Å². The standard InChI is InChI=1S/C26H32ClN3O4S/c1-34-19-4-5-22-20(15-19)24(21(27)16-28-22)23(31)6-8-26(25(32)29-33)9-12-30(13-10-26)11-2-3-18-7-14-35-17-18/h4-5,7,14-17,23,31,33H,2-3,6,8-13H2,1H3,(H,29,32)/t23-/m1/s1. The maximum atomic E-state index is 12.8. The first kappa shape index (κ1) is 25.9. The number of methoxy groups -OCH3 is 1. The minimum absolute atomic E-state index is 0.335. The normalized spacial score (nSPS) is 16.8. The van der Waals surface area contributed by atoms with Gasteiger partial charge in [-0.2, -0.15) is 11.3 Å². The van der Waals surface area contributed by atoms with E-state index >= 15 is 0 Å². The summed E-state index contributed by atoms with van der Waals surface area (Å²) in [5.41, 5.74) is 3.82. The fraction of sp³-hybridized carbons (Fsp3) is 0.462. The van der Waals surface area contributed by atoms with Gasteiger partial charge in [-0.25, -0.2) is 5.48 Å². The van der Waals surface area contributed by atoms with Crippen molar-refractivity contribution in [2.75, 3.05) is 26.7 Å². The number of pyridine rings is 1. The molecule has 1 aliphatic heterocycles. The Hall–Kier alpha value is -2.23. The summed E-state index contributed by atoms with van der Waals surface area (Å²) in [6.07, 6.45) is 4.82. The number of piperidine rings is 1. The molecule has 1 atom stereocenters. The third-order valence-corrected chi connectivity index (χ3v) is 8.25. The van der Waals surface area contributed by atoms with Crippen LogP contribution in [0.3, 0.4) is 0 Å². The fourth-order valence-corrected chi connectivity index (χ4v) is 6.03. The van der Waals surface area contributed by atoms with E-state index in [0.717, 1.165) is 37.9 Å². The highest BCUT2D eigenvalue weighted by atomic mass is 35.5. The Morgan fingerprint density at radius 3 is 2.83 bits per heavy atom. The van der Waals surface area contributed by atoms with Crippen LogP contribution in [-0.2, 0) is 11.2 Å². The van der Waals surface area contributed by atoms with Crippen LogP contribution in [0.5, 0.6) is 5.75 Å². The minimum atomic E-state index is -0.882. The first-order chi connectivity index (χ1) is 17.0. The van der Waals surface area contributed by atoms with Crippen molar-refractivity contribution in [3.8, 4) is 5.75 Å². The second-order valence-electron chi connectivity index (χ2n) is 9.26. The van der Waals surface area contributed by atoms with E-state index in [1.165, 1.54) is 5.56 Å². The summed E-state index contributed by atoms with van der Waals surface area (Å²) in [5.74, 6) is 0.271. The van der Waals surface area contributed by atoms with Gasteiger partial charge in [0, 0.05) is 17.1 Å². The number of fused-ring (bicyclic) bond motifs is 1. The Bertz CT molecular complexity index is 1130. The molecular formula is C26H32ClN3O4S. The van der Waals surface area contributed by atoms with Crippen LogP contribution in [0.4, 0.5) is 0 Å². The van der Waals surface area contributed by atoms with Gasteiger partial charge in [0.05, 0.1) is 29.2 Å². The fourth-order valence-electron chi connectivity index (χ4n) is 5.05. The van der Waals surface area contributed by atoms with Crippen molar-refractivity contribution in [1.29, 1.82) is 0 Å². The highest BCUT2D eigenvalue weighted by molar-refractivity contribution is 7.07. The maximum Gasteiger partial charge on any atom is 0.249 e. The Balaban J connectivity index is 1.42. The Labute approximate surface area is 214 Å². The second-order valence-corrected chi connectivity index (χ2v) is 10.4. The lowest BCUT2D eigenvalue weighted by atomic mass is 9.73. The van der Waals surface area contributed by atoms with E-state index in [4.69, 9.17) is 16.3 Å². The summed E-state index contributed by atoms with van der Waals surface area (Å²) < 4.78 is 5.34. The maximum absolute atomic E-state index is 12.8. The monoisotopic (exact) mass is 517 g/mol. The van der Waals surface area contributed by atoms with Crippen molar-refractivity contribution < 1.29 is 19.8 Å². The van der Waals surface area contributed by atoms with Gasteiger partial charge in [0.25, 0.3) is 0 Å². The van der Waals surface area contributed by atoms with Gasteiger partial charge in [0.15, 0.2) is 0 Å². The molecule has 9 heteroatoms. The van der Waals surface area contributed by atoms with Gasteiger partial charge in [0.2, 0.25) is 5.91 Å². The van der Waals surface area contributed by atoms with Crippen LogP contribution in [0.1, 0.15) is 49.3 Å². The summed E-state index contributed by atoms with van der Waals surface area (Å²) in [7, 11) is 1.58. The average Bonchev–Trinajstić information content (AvgIpc) is 3.40. The van der Waals surface area contributed by atoms with Crippen molar-refractivity contribution in [3.63, 3.8) is 0 Å². The molecule has 0 spiro atoms. The number of nitrogens with one attached hydrogen (secondary N) is 1. The van der Waals surface area contributed by atoms with E-state index in [0.29, 0.717) is 47.5 Å². The quantitative estimate of drug-likeness (QED) is 0.259. The molecule has 3 heterocycles. The number of carbonyl (C=O) groups excluding carboxylic acids is 1. The highest BCUT2D eigenvalue weighted by Gasteiger charge is 2.41. The van der Waals surface area contributed by atoms with Crippen LogP contribution in [0, 0.1) is 5.41 Å². The van der Waals surface area contributed by atoms with Crippen molar-refractivity contribution in [1.82, 2.24) is 15.4 Å². The molecule has 1 fully saturated rings. The first-order valence-corrected chi connectivity index (χ1v) is 13.3. The molecule has 1 aromatic carbocycles. The van der Waals surface area contributed by atoms with Gasteiger partial charge in [-0.1, -0.05) is 11.6 Å². The van der Waals surface area contributed by atoms with Crippen LogP contribution < -0.4 is 10.2 Å². The number of aliphatic hydroxyl groups excluding tert-OH is 1. The molecule has 1 saturated heterocycles. The number of aliphatic hydroxyl groups is 1. The zero-order chi connectivity index (χ0) is 24.8. The molecular weight excluding hydrogens is 486 g/mol. The molecule has 3 N–H and O–H groups in total. The Morgan fingerprint density at radius 1 is 1.34 bits per heavy atom. The smallest absolute Gasteiger partial charge is 0.249 e. The van der Waals surface area contributed by atoms with E-state index in [2.05, 4.69) is 26.7 Å². The Kier molecular flexibility index (Phi) is 8.62. The molecule has 0 unspecified atom stereocenters. The number of thiophene rings is 1. The second kappa shape index (κ2) is 11.7. The van der Waals surface area contributed by atoms with E-state index in [1.807, 2.05) is 23.7 Å². The molecule has 7 nitrogen and oxygen atoms in total. The number of aromatic nitrogens is 1. The number of halogens is 1. The average molecular weight is 518 g/mol. The number of hydroxylamine groups is 1. The molecule has 1 aliphatic rings. The van der Waals surface area contributed by atoms with Crippen LogP contribution in [-0.4, -0.2) is 52.8 Å². The largest absolute Gasteiger partial charge is 0.497 e. The Morgan fingerprint density at radius 2 is 2.14 bits per heavy atom. The number of likely N-dealkylation sites (tertiary alicyclic amines) is 1. The van der Waals surface area contributed by atoms with Gasteiger partial charge in [-0.15, -0.1) is 0 Å². The zero-order valence-electron chi connectivity index (χ0n) is 19.9. The number of aryl methyl sites for hydroxylation is 1. The topological polar surface area (TPSA) is 94.9 Å². The molecule has 3 aromatic rings. The number of rotatable bonds is 10. The number of benzene rings is 1. The molecule has 0 aliphatic carbocycles. The molecule has 188 valence electrons. The minimum Gasteiger partial charge on any atom is -0.497 e. The molecule has 2 aromatic heterocycles. The number of amides is 1. The summed E-state index contributed by atoms with van der Waals surface area (Å²) in [6, 6.07) is 7.62. The third-order valence-electron chi connectivity index (χ3n) is 7.21. The van der Waals surface area contributed by atoms with Gasteiger partial charge in [-0.05, 0) is 98.7 Å². The number of hydrogen-bond donors (Lipinski definition) is 3. The zero-order valence-corrected chi connectivity index (χ0v) is 21.4. The van der Waals surface area contributed by atoms with E-state index < -0.39 is 11.5 Å². The van der Waals surface area contributed by atoms with Crippen LogP contribution in [0.15, 0.2) is 41.2 Å². The third kappa shape index (κ3) is 5.95. The van der Waals surface area contributed by atoms with Crippen molar-refractivity contribution >= 4 is 39.7 Å². The molecule has 35 heavy (non-hydrogen) atoms. The number of ether oxygens (including phenoxy) is 1. The van der Waals surface area contributed by atoms with Gasteiger partial charge < -0.3 is 14.7 Å². The summed E-state index contributed by atoms with van der Waals surface area (Å²) in [5, 5.41) is 26.0. The van der Waals surface area contributed by atoms with Crippen molar-refractivity contribution in [2.45, 2.75) is 44.6 Å². The highest BCUT2D eigenvalue weighted by Crippen LogP contribution is 2.41. The van der Waals surface area contributed by atoms with Gasteiger partial charge in [-0.3, -0.25) is 15.0 Å². The predicted octanol–water partition coefficient (Wildman–Crippen LogP) is 4.99. The summed E-state index contributed by atoms with van der Waals surface area (Å²) >= 11 is 8.18. The lowest BCUT2D eigenvalue weighted by Gasteiger charge is -2.40. The van der Waals surface area contributed by atoms with Gasteiger partial charge in [0.1, 0.15) is 5.75 Å².